The third-order valence-corrected chi connectivity index (χ3v) is 7.29. The molecule has 1 fully saturated rings. The number of nitrogens with zero attached hydrogens (tertiary/aromatic N) is 2. The van der Waals surface area contributed by atoms with Gasteiger partial charge in [-0.3, -0.25) is 9.59 Å². The van der Waals surface area contributed by atoms with Gasteiger partial charge in [0.25, 0.3) is 5.91 Å². The molecule has 0 saturated carbocycles. The van der Waals surface area contributed by atoms with Crippen LogP contribution in [0.25, 0.3) is 10.9 Å². The van der Waals surface area contributed by atoms with Crippen LogP contribution in [-0.4, -0.2) is 54.5 Å². The third kappa shape index (κ3) is 4.95. The van der Waals surface area contributed by atoms with Crippen LogP contribution in [0, 0.1) is 0 Å². The van der Waals surface area contributed by atoms with Gasteiger partial charge >= 0.3 is 0 Å². The number of morpholine rings is 1. The molecule has 6 rings (SSSR count). The van der Waals surface area contributed by atoms with Gasteiger partial charge in [0, 0.05) is 53.2 Å². The molecule has 2 aliphatic heterocycles. The quantitative estimate of drug-likeness (QED) is 0.432. The molecular weight excluding hydrogens is 464 g/mol. The van der Waals surface area contributed by atoms with Gasteiger partial charge in [0.15, 0.2) is 0 Å². The lowest BCUT2D eigenvalue weighted by Gasteiger charge is -2.28. The number of carbonyl (C=O) groups excluding carboxylic acids is 2. The molecule has 2 N–H and O–H groups in total. The highest BCUT2D eigenvalue weighted by molar-refractivity contribution is 6.06. The third-order valence-electron chi connectivity index (χ3n) is 7.29. The maximum atomic E-state index is 13.0. The average molecular weight is 495 g/mol. The largest absolute Gasteiger partial charge is 0.378 e. The minimum atomic E-state index is -0.133. The molecule has 1 saturated heterocycles. The summed E-state index contributed by atoms with van der Waals surface area (Å²) in [6.07, 6.45) is 1.18. The van der Waals surface area contributed by atoms with Crippen LogP contribution in [0.3, 0.4) is 0 Å². The number of nitrogens with one attached hydrogen (secondary N) is 2. The van der Waals surface area contributed by atoms with E-state index >= 15 is 0 Å². The number of ether oxygens (including phenoxy) is 1. The minimum absolute atomic E-state index is 0.133. The Labute approximate surface area is 216 Å². The molecule has 37 heavy (non-hydrogen) atoms. The molecule has 3 aromatic carbocycles. The fourth-order valence-electron chi connectivity index (χ4n) is 5.26. The van der Waals surface area contributed by atoms with Gasteiger partial charge in [-0.05, 0) is 60.0 Å². The molecule has 3 heterocycles. The van der Waals surface area contributed by atoms with Crippen LogP contribution in [-0.2, 0) is 28.9 Å². The van der Waals surface area contributed by atoms with E-state index in [1.807, 2.05) is 77.7 Å². The van der Waals surface area contributed by atoms with Crippen LogP contribution in [0.1, 0.15) is 27.2 Å². The van der Waals surface area contributed by atoms with Crippen molar-refractivity contribution in [3.05, 3.63) is 95.2 Å². The number of aromatic nitrogens is 1. The minimum Gasteiger partial charge on any atom is -0.378 e. The van der Waals surface area contributed by atoms with Gasteiger partial charge in [-0.2, -0.15) is 0 Å². The second-order valence-electron chi connectivity index (χ2n) is 9.67. The standard InChI is InChI=1S/C30H30N4O3/c35-29(18-21-4-2-1-3-5-21)34-13-12-25-26-19-22(6-11-27(26)32-28(25)20-34)30(36)31-23-7-9-24(10-8-23)33-14-16-37-17-15-33/h1-11,19,32H,12-18,20H2,(H,31,36). The van der Waals surface area contributed by atoms with E-state index in [1.54, 1.807) is 0 Å². The number of H-pyrrole nitrogens is 1. The summed E-state index contributed by atoms with van der Waals surface area (Å²) in [5, 5.41) is 4.08. The first-order valence-electron chi connectivity index (χ1n) is 12.8. The van der Waals surface area contributed by atoms with Gasteiger partial charge in [-0.15, -0.1) is 0 Å². The fraction of sp³-hybridized carbons (Fsp3) is 0.267. The topological polar surface area (TPSA) is 77.7 Å². The molecular formula is C30H30N4O3. The summed E-state index contributed by atoms with van der Waals surface area (Å²) in [5.41, 5.74) is 6.80. The number of carbonyl (C=O) groups is 2. The highest BCUT2D eigenvalue weighted by Crippen LogP contribution is 2.29. The Morgan fingerprint density at radius 2 is 1.70 bits per heavy atom. The molecule has 7 nitrogen and oxygen atoms in total. The average Bonchev–Trinajstić information content (AvgIpc) is 3.31. The lowest BCUT2D eigenvalue weighted by Crippen LogP contribution is -2.36. The monoisotopic (exact) mass is 494 g/mol. The maximum Gasteiger partial charge on any atom is 0.255 e. The van der Waals surface area contributed by atoms with Crippen molar-refractivity contribution in [2.24, 2.45) is 0 Å². The Bertz CT molecular complexity index is 1420. The zero-order chi connectivity index (χ0) is 25.2. The summed E-state index contributed by atoms with van der Waals surface area (Å²) < 4.78 is 5.43. The molecule has 7 heteroatoms. The van der Waals surface area contributed by atoms with E-state index in [9.17, 15) is 9.59 Å². The van der Waals surface area contributed by atoms with Crippen LogP contribution < -0.4 is 10.2 Å². The van der Waals surface area contributed by atoms with E-state index in [4.69, 9.17) is 4.74 Å². The number of fused-ring (bicyclic) bond motifs is 3. The van der Waals surface area contributed by atoms with Crippen molar-refractivity contribution in [3.63, 3.8) is 0 Å². The second-order valence-corrected chi connectivity index (χ2v) is 9.67. The lowest BCUT2D eigenvalue weighted by molar-refractivity contribution is -0.131. The van der Waals surface area contributed by atoms with Crippen molar-refractivity contribution >= 4 is 34.1 Å². The van der Waals surface area contributed by atoms with Crippen molar-refractivity contribution in [1.29, 1.82) is 0 Å². The van der Waals surface area contributed by atoms with Gasteiger partial charge in [0.05, 0.1) is 26.2 Å². The number of aromatic amines is 1. The number of hydrogen-bond donors (Lipinski definition) is 2. The van der Waals surface area contributed by atoms with Crippen LogP contribution >= 0.6 is 0 Å². The molecule has 0 atom stereocenters. The Morgan fingerprint density at radius 1 is 0.919 bits per heavy atom. The first kappa shape index (κ1) is 23.3. The summed E-state index contributed by atoms with van der Waals surface area (Å²) in [7, 11) is 0. The predicted octanol–water partition coefficient (Wildman–Crippen LogP) is 4.38. The summed E-state index contributed by atoms with van der Waals surface area (Å²) in [5.74, 6) is 0.00154. The van der Waals surface area contributed by atoms with E-state index in [0.717, 1.165) is 66.3 Å². The highest BCUT2D eigenvalue weighted by Gasteiger charge is 2.24. The fourth-order valence-corrected chi connectivity index (χ4v) is 5.26. The summed E-state index contributed by atoms with van der Waals surface area (Å²) in [4.78, 5) is 33.6. The summed E-state index contributed by atoms with van der Waals surface area (Å²) in [6.45, 7) is 4.49. The number of anilines is 2. The molecule has 0 unspecified atom stereocenters. The van der Waals surface area contributed by atoms with Gasteiger partial charge in [-0.25, -0.2) is 0 Å². The Hall–Kier alpha value is -4.10. The molecule has 0 radical (unpaired) electrons. The van der Waals surface area contributed by atoms with Crippen molar-refractivity contribution in [2.75, 3.05) is 43.1 Å². The van der Waals surface area contributed by atoms with Crippen molar-refractivity contribution < 1.29 is 14.3 Å². The number of hydrogen-bond acceptors (Lipinski definition) is 4. The van der Waals surface area contributed by atoms with Gasteiger partial charge < -0.3 is 24.8 Å². The van der Waals surface area contributed by atoms with Crippen LogP contribution in [0.2, 0.25) is 0 Å². The molecule has 4 aromatic rings. The van der Waals surface area contributed by atoms with E-state index in [1.165, 1.54) is 5.56 Å². The predicted molar refractivity (Wildman–Crippen MR) is 145 cm³/mol. The van der Waals surface area contributed by atoms with E-state index in [2.05, 4.69) is 15.2 Å². The molecule has 188 valence electrons. The van der Waals surface area contributed by atoms with E-state index in [0.29, 0.717) is 25.1 Å². The number of benzene rings is 3. The molecule has 2 aliphatic rings. The van der Waals surface area contributed by atoms with Gasteiger partial charge in [0.1, 0.15) is 0 Å². The van der Waals surface area contributed by atoms with Crippen molar-refractivity contribution in [1.82, 2.24) is 9.88 Å². The summed E-state index contributed by atoms with van der Waals surface area (Å²) in [6, 6.07) is 23.6. The number of amides is 2. The van der Waals surface area contributed by atoms with E-state index < -0.39 is 0 Å². The first-order chi connectivity index (χ1) is 18.1. The van der Waals surface area contributed by atoms with Crippen LogP contribution in [0.15, 0.2) is 72.8 Å². The zero-order valence-electron chi connectivity index (χ0n) is 20.7. The van der Waals surface area contributed by atoms with Crippen LogP contribution in [0.5, 0.6) is 0 Å². The number of rotatable bonds is 5. The molecule has 2 amide bonds. The van der Waals surface area contributed by atoms with Gasteiger partial charge in [0.2, 0.25) is 5.91 Å². The molecule has 1 aromatic heterocycles. The Morgan fingerprint density at radius 3 is 2.49 bits per heavy atom. The smallest absolute Gasteiger partial charge is 0.255 e. The second kappa shape index (κ2) is 10.1. The van der Waals surface area contributed by atoms with Crippen molar-refractivity contribution in [2.45, 2.75) is 19.4 Å². The zero-order valence-corrected chi connectivity index (χ0v) is 20.7. The maximum absolute atomic E-state index is 13.0. The lowest BCUT2D eigenvalue weighted by atomic mass is 10.0. The Kier molecular flexibility index (Phi) is 6.37. The normalized spacial score (nSPS) is 15.5. The van der Waals surface area contributed by atoms with Crippen LogP contribution in [0.4, 0.5) is 11.4 Å². The van der Waals surface area contributed by atoms with E-state index in [-0.39, 0.29) is 11.8 Å². The first-order valence-corrected chi connectivity index (χ1v) is 12.8. The molecule has 0 spiro atoms. The highest BCUT2D eigenvalue weighted by atomic mass is 16.5. The summed E-state index contributed by atoms with van der Waals surface area (Å²) >= 11 is 0. The van der Waals surface area contributed by atoms with Gasteiger partial charge in [-0.1, -0.05) is 30.3 Å². The molecule has 0 bridgehead atoms. The molecule has 0 aliphatic carbocycles. The SMILES string of the molecule is O=C(Nc1ccc(N2CCOCC2)cc1)c1ccc2[nH]c3c(c2c1)CCN(C(=O)Cc1ccccc1)C3. The van der Waals surface area contributed by atoms with Crippen molar-refractivity contribution in [3.8, 4) is 0 Å². The Balaban J connectivity index is 1.14.